The minimum absolute atomic E-state index is 0.0648. The highest BCUT2D eigenvalue weighted by molar-refractivity contribution is 5.76. The van der Waals surface area contributed by atoms with Gasteiger partial charge in [-0.1, -0.05) is 175 Å². The second kappa shape index (κ2) is 32.5. The molecule has 238 valence electrons. The summed E-state index contributed by atoms with van der Waals surface area (Å²) in [5.74, 6) is -0.0188. The molecule has 0 aliphatic carbocycles. The Labute approximate surface area is 250 Å². The molecule has 0 aliphatic heterocycles. The largest absolute Gasteiger partial charge is 0.463 e. The molecule has 4 nitrogen and oxygen atoms in total. The summed E-state index contributed by atoms with van der Waals surface area (Å²) in [5.41, 5.74) is 0. The van der Waals surface area contributed by atoms with Crippen LogP contribution in [0.4, 0.5) is 0 Å². The van der Waals surface area contributed by atoms with Crippen LogP contribution >= 0.6 is 0 Å². The van der Waals surface area contributed by atoms with Crippen molar-refractivity contribution in [3.8, 4) is 0 Å². The van der Waals surface area contributed by atoms with Crippen LogP contribution in [0.5, 0.6) is 0 Å². The number of amides is 1. The quantitative estimate of drug-likeness (QED) is 0.0652. The van der Waals surface area contributed by atoms with E-state index in [9.17, 15) is 9.59 Å². The van der Waals surface area contributed by atoms with Crippen molar-refractivity contribution in [1.82, 2.24) is 5.32 Å². The van der Waals surface area contributed by atoms with Crippen molar-refractivity contribution in [2.75, 3.05) is 6.61 Å². The highest BCUT2D eigenvalue weighted by Crippen LogP contribution is 2.14. The van der Waals surface area contributed by atoms with E-state index in [2.05, 4.69) is 19.2 Å². The number of hydrogen-bond donors (Lipinski definition) is 1. The average Bonchev–Trinajstić information content (AvgIpc) is 2.96. The molecule has 1 atom stereocenters. The van der Waals surface area contributed by atoms with Gasteiger partial charge in [-0.05, 0) is 19.3 Å². The summed E-state index contributed by atoms with van der Waals surface area (Å²) >= 11 is 0. The number of rotatable bonds is 32. The molecule has 1 N–H and O–H groups in total. The molecule has 0 fully saturated rings. The van der Waals surface area contributed by atoms with E-state index in [4.69, 9.17) is 4.74 Å². The van der Waals surface area contributed by atoms with Gasteiger partial charge in [0.25, 0.3) is 0 Å². The van der Waals surface area contributed by atoms with Crippen molar-refractivity contribution in [3.63, 3.8) is 0 Å². The maximum Gasteiger partial charge on any atom is 0.305 e. The molecule has 0 bridgehead atoms. The van der Waals surface area contributed by atoms with Gasteiger partial charge in [-0.2, -0.15) is 0 Å². The van der Waals surface area contributed by atoms with Gasteiger partial charge in [0.2, 0.25) is 5.91 Å². The van der Waals surface area contributed by atoms with Gasteiger partial charge in [-0.15, -0.1) is 0 Å². The van der Waals surface area contributed by atoms with Gasteiger partial charge in [0.15, 0.2) is 0 Å². The maximum absolute atomic E-state index is 12.3. The van der Waals surface area contributed by atoms with Crippen LogP contribution in [-0.4, -0.2) is 24.5 Å². The zero-order valence-electron chi connectivity index (χ0n) is 27.5. The lowest BCUT2D eigenvalue weighted by Crippen LogP contribution is -2.38. The van der Waals surface area contributed by atoms with Crippen molar-refractivity contribution in [2.45, 2.75) is 213 Å². The lowest BCUT2D eigenvalue weighted by atomic mass is 10.0. The first-order valence-corrected chi connectivity index (χ1v) is 18.1. The van der Waals surface area contributed by atoms with Crippen LogP contribution in [0.25, 0.3) is 0 Å². The summed E-state index contributed by atoms with van der Waals surface area (Å²) < 4.78 is 5.47. The predicted molar refractivity (Wildman–Crippen MR) is 174 cm³/mol. The van der Waals surface area contributed by atoms with Crippen LogP contribution in [0, 0.1) is 0 Å². The summed E-state index contributed by atoms with van der Waals surface area (Å²) in [6.45, 7) is 6.89. The number of esters is 1. The van der Waals surface area contributed by atoms with Crippen LogP contribution in [0.2, 0.25) is 0 Å². The molecular weight excluding hydrogens is 494 g/mol. The molecule has 1 amide bonds. The molecule has 4 heteroatoms. The molecule has 0 unspecified atom stereocenters. The van der Waals surface area contributed by atoms with E-state index in [0.717, 1.165) is 32.1 Å². The molecule has 0 saturated heterocycles. The van der Waals surface area contributed by atoms with Gasteiger partial charge in [-0.25, -0.2) is 0 Å². The monoisotopic (exact) mass is 566 g/mol. The van der Waals surface area contributed by atoms with Crippen LogP contribution in [0.1, 0.15) is 207 Å². The van der Waals surface area contributed by atoms with E-state index in [1.165, 1.54) is 141 Å². The third-order valence-corrected chi connectivity index (χ3v) is 8.30. The van der Waals surface area contributed by atoms with E-state index in [0.29, 0.717) is 19.4 Å². The normalized spacial score (nSPS) is 12.0. The number of carbonyl (C=O) groups is 2. The smallest absolute Gasteiger partial charge is 0.305 e. The first kappa shape index (κ1) is 38.9. The van der Waals surface area contributed by atoms with Crippen molar-refractivity contribution in [3.05, 3.63) is 0 Å². The van der Waals surface area contributed by atoms with Crippen LogP contribution < -0.4 is 5.32 Å². The second-order valence-electron chi connectivity index (χ2n) is 12.3. The van der Waals surface area contributed by atoms with Gasteiger partial charge in [0.05, 0.1) is 6.04 Å². The fraction of sp³-hybridized carbons (Fsp3) is 0.944. The van der Waals surface area contributed by atoms with Gasteiger partial charge < -0.3 is 10.1 Å². The van der Waals surface area contributed by atoms with E-state index in [1.807, 2.05) is 6.92 Å². The maximum atomic E-state index is 12.3. The number of hydrogen-bond acceptors (Lipinski definition) is 3. The van der Waals surface area contributed by atoms with Gasteiger partial charge in [0, 0.05) is 12.8 Å². The number of nitrogens with one attached hydrogen (secondary N) is 1. The van der Waals surface area contributed by atoms with Crippen molar-refractivity contribution in [2.24, 2.45) is 0 Å². The summed E-state index contributed by atoms with van der Waals surface area (Å²) in [6.07, 6.45) is 35.9. The zero-order chi connectivity index (χ0) is 29.4. The van der Waals surface area contributed by atoms with Crippen molar-refractivity contribution >= 4 is 11.9 Å². The SMILES string of the molecule is CCCCCCCCCCCCCCCC(=O)N[C@H](CC)COC(=O)CCCCCCCCCCCCCCC. The number of carbonyl (C=O) groups excluding carboxylic acids is 2. The van der Waals surface area contributed by atoms with Crippen LogP contribution in [-0.2, 0) is 14.3 Å². The standard InChI is InChI=1S/C36H71NO3/c1-4-7-9-11-13-15-17-19-21-23-25-27-29-31-35(38)37-34(6-3)33-40-36(39)32-30-28-26-24-22-20-18-16-14-12-10-8-5-2/h34H,4-33H2,1-3H3,(H,37,38)/t34-/m1/s1. The molecular formula is C36H71NO3. The van der Waals surface area contributed by atoms with Crippen LogP contribution in [0.15, 0.2) is 0 Å². The Morgan fingerprint density at radius 2 is 0.800 bits per heavy atom. The predicted octanol–water partition coefficient (Wildman–Crippen LogP) is 11.4. The second-order valence-corrected chi connectivity index (χ2v) is 12.3. The minimum atomic E-state index is -0.118. The average molecular weight is 566 g/mol. The van der Waals surface area contributed by atoms with Crippen LogP contribution in [0.3, 0.4) is 0 Å². The Balaban J connectivity index is 3.53. The van der Waals surface area contributed by atoms with Gasteiger partial charge in [0.1, 0.15) is 6.61 Å². The molecule has 0 aromatic carbocycles. The minimum Gasteiger partial charge on any atom is -0.463 e. The Hall–Kier alpha value is -1.06. The molecule has 0 rings (SSSR count). The molecule has 0 spiro atoms. The van der Waals surface area contributed by atoms with E-state index < -0.39 is 0 Å². The van der Waals surface area contributed by atoms with Gasteiger partial charge in [-0.3, -0.25) is 9.59 Å². The fourth-order valence-electron chi connectivity index (χ4n) is 5.42. The highest BCUT2D eigenvalue weighted by atomic mass is 16.5. The number of ether oxygens (including phenoxy) is 1. The fourth-order valence-corrected chi connectivity index (χ4v) is 5.42. The summed E-state index contributed by atoms with van der Waals surface area (Å²) in [6, 6.07) is -0.0648. The van der Waals surface area contributed by atoms with E-state index in [-0.39, 0.29) is 17.9 Å². The van der Waals surface area contributed by atoms with Crippen molar-refractivity contribution < 1.29 is 14.3 Å². The topological polar surface area (TPSA) is 55.4 Å². The molecule has 0 aliphatic rings. The molecule has 0 heterocycles. The molecule has 0 radical (unpaired) electrons. The first-order chi connectivity index (χ1) is 19.6. The molecule has 40 heavy (non-hydrogen) atoms. The van der Waals surface area contributed by atoms with E-state index in [1.54, 1.807) is 0 Å². The summed E-state index contributed by atoms with van der Waals surface area (Å²) in [5, 5.41) is 3.07. The number of unbranched alkanes of at least 4 members (excludes halogenated alkanes) is 24. The Morgan fingerprint density at radius 1 is 0.475 bits per heavy atom. The lowest BCUT2D eigenvalue weighted by molar-refractivity contribution is -0.145. The Morgan fingerprint density at radius 3 is 1.15 bits per heavy atom. The Bertz CT molecular complexity index is 536. The third-order valence-electron chi connectivity index (χ3n) is 8.30. The summed E-state index contributed by atoms with van der Waals surface area (Å²) in [4.78, 5) is 24.4. The zero-order valence-corrected chi connectivity index (χ0v) is 27.5. The van der Waals surface area contributed by atoms with Crippen molar-refractivity contribution in [1.29, 1.82) is 0 Å². The molecule has 0 aromatic heterocycles. The van der Waals surface area contributed by atoms with Gasteiger partial charge >= 0.3 is 5.97 Å². The third kappa shape index (κ3) is 29.9. The molecule has 0 saturated carbocycles. The highest BCUT2D eigenvalue weighted by Gasteiger charge is 2.13. The molecule has 0 aromatic rings. The Kier molecular flexibility index (Phi) is 31.6. The van der Waals surface area contributed by atoms with E-state index >= 15 is 0 Å². The lowest BCUT2D eigenvalue weighted by Gasteiger charge is -2.17. The summed E-state index contributed by atoms with van der Waals surface area (Å²) in [7, 11) is 0. The first-order valence-electron chi connectivity index (χ1n) is 18.1.